The van der Waals surface area contributed by atoms with Crippen LogP contribution < -0.4 is 14.4 Å². The van der Waals surface area contributed by atoms with Gasteiger partial charge in [-0.25, -0.2) is 8.42 Å². The van der Waals surface area contributed by atoms with E-state index in [4.69, 9.17) is 4.74 Å². The first-order valence-electron chi connectivity index (χ1n) is 9.19. The summed E-state index contributed by atoms with van der Waals surface area (Å²) in [6.45, 7) is 8.06. The van der Waals surface area contributed by atoms with Gasteiger partial charge in [-0.2, -0.15) is 0 Å². The second-order valence-electron chi connectivity index (χ2n) is 6.82. The third kappa shape index (κ3) is 5.48. The van der Waals surface area contributed by atoms with E-state index in [1.807, 2.05) is 57.2 Å². The highest BCUT2D eigenvalue weighted by Gasteiger charge is 2.30. The van der Waals surface area contributed by atoms with Crippen LogP contribution >= 0.6 is 0 Å². The molecule has 2 aromatic carbocycles. The third-order valence-corrected chi connectivity index (χ3v) is 5.59. The minimum atomic E-state index is -3.65. The number of sulfonamides is 1. The van der Waals surface area contributed by atoms with Gasteiger partial charge < -0.3 is 10.1 Å². The molecule has 0 saturated carbocycles. The lowest BCUT2D eigenvalue weighted by molar-refractivity contribution is -0.122. The Bertz CT molecular complexity index is 941. The summed E-state index contributed by atoms with van der Waals surface area (Å²) in [5.74, 6) is 0.364. The molecule has 0 aromatic heterocycles. The van der Waals surface area contributed by atoms with Gasteiger partial charge in [0.05, 0.1) is 18.6 Å². The highest BCUT2D eigenvalue weighted by atomic mass is 32.2. The monoisotopic (exact) mass is 404 g/mol. The topological polar surface area (TPSA) is 75.7 Å². The maximum atomic E-state index is 12.7. The highest BCUT2D eigenvalue weighted by Crippen LogP contribution is 2.26. The smallest absolute Gasteiger partial charge is 0.243 e. The first-order valence-corrected chi connectivity index (χ1v) is 11.0. The minimum Gasteiger partial charge on any atom is -0.494 e. The Morgan fingerprint density at radius 1 is 1.18 bits per heavy atom. The zero-order valence-corrected chi connectivity index (χ0v) is 17.8. The Kier molecular flexibility index (Phi) is 7.07. The van der Waals surface area contributed by atoms with Crippen LogP contribution in [-0.4, -0.2) is 33.2 Å². The van der Waals surface area contributed by atoms with Crippen molar-refractivity contribution in [2.24, 2.45) is 0 Å². The Morgan fingerprint density at radius 2 is 1.89 bits per heavy atom. The number of ether oxygens (including phenoxy) is 1. The van der Waals surface area contributed by atoms with Gasteiger partial charge >= 0.3 is 0 Å². The summed E-state index contributed by atoms with van der Waals surface area (Å²) < 4.78 is 31.6. The summed E-state index contributed by atoms with van der Waals surface area (Å²) in [4.78, 5) is 12.7. The zero-order valence-electron chi connectivity index (χ0n) is 17.0. The third-order valence-electron chi connectivity index (χ3n) is 4.37. The molecule has 0 heterocycles. The molecule has 1 amide bonds. The summed E-state index contributed by atoms with van der Waals surface area (Å²) in [6, 6.07) is 12.1. The van der Waals surface area contributed by atoms with Gasteiger partial charge in [-0.1, -0.05) is 24.3 Å². The van der Waals surface area contributed by atoms with E-state index in [9.17, 15) is 13.2 Å². The van der Waals surface area contributed by atoms with Crippen molar-refractivity contribution in [3.05, 3.63) is 59.2 Å². The van der Waals surface area contributed by atoms with E-state index in [0.717, 1.165) is 28.7 Å². The summed E-state index contributed by atoms with van der Waals surface area (Å²) >= 11 is 0. The average molecular weight is 405 g/mol. The van der Waals surface area contributed by atoms with Crippen molar-refractivity contribution < 1.29 is 17.9 Å². The molecule has 0 bridgehead atoms. The van der Waals surface area contributed by atoms with Crippen LogP contribution in [0.1, 0.15) is 30.5 Å². The Labute approximate surface area is 167 Å². The van der Waals surface area contributed by atoms with Crippen molar-refractivity contribution in [3.8, 4) is 5.75 Å². The summed E-state index contributed by atoms with van der Waals surface area (Å²) in [5.41, 5.74) is 3.11. The number of amides is 1. The van der Waals surface area contributed by atoms with Crippen LogP contribution in [0, 0.1) is 13.8 Å². The van der Waals surface area contributed by atoms with Gasteiger partial charge in [0.15, 0.2) is 0 Å². The minimum absolute atomic E-state index is 0.286. The molecule has 0 fully saturated rings. The molecule has 28 heavy (non-hydrogen) atoms. The van der Waals surface area contributed by atoms with Crippen LogP contribution in [-0.2, 0) is 21.4 Å². The van der Waals surface area contributed by atoms with Crippen LogP contribution in [0.15, 0.2) is 42.5 Å². The molecule has 1 atom stereocenters. The normalized spacial score (nSPS) is 12.3. The maximum Gasteiger partial charge on any atom is 0.243 e. The van der Waals surface area contributed by atoms with E-state index in [1.54, 1.807) is 13.0 Å². The molecule has 6 nitrogen and oxygen atoms in total. The van der Waals surface area contributed by atoms with Gasteiger partial charge in [-0.3, -0.25) is 9.10 Å². The lowest BCUT2D eigenvalue weighted by Gasteiger charge is -2.29. The largest absolute Gasteiger partial charge is 0.494 e. The summed E-state index contributed by atoms with van der Waals surface area (Å²) in [7, 11) is -3.65. The van der Waals surface area contributed by atoms with Gasteiger partial charge in [0.1, 0.15) is 11.8 Å². The average Bonchev–Trinajstić information content (AvgIpc) is 2.62. The molecule has 0 aliphatic rings. The van der Waals surface area contributed by atoms with Gasteiger partial charge in [0.25, 0.3) is 0 Å². The lowest BCUT2D eigenvalue weighted by Crippen LogP contribution is -2.48. The van der Waals surface area contributed by atoms with Crippen LogP contribution in [0.3, 0.4) is 0 Å². The predicted molar refractivity (Wildman–Crippen MR) is 112 cm³/mol. The van der Waals surface area contributed by atoms with Crippen molar-refractivity contribution in [1.82, 2.24) is 5.32 Å². The predicted octanol–water partition coefficient (Wildman–Crippen LogP) is 3.17. The molecule has 0 aliphatic heterocycles. The standard InChI is InChI=1S/C21H28N2O4S/c1-6-27-19-9-7-8-18(13-19)14-22-21(24)17(4)23(28(5,25)26)20-12-15(2)10-11-16(20)3/h7-13,17H,6,14H2,1-5H3,(H,22,24)/t17-/m0/s1. The SMILES string of the molecule is CCOc1cccc(CNC(=O)[C@H](C)N(c2cc(C)ccc2C)S(C)(=O)=O)c1. The molecule has 0 radical (unpaired) electrons. The molecule has 7 heteroatoms. The van der Waals surface area contributed by atoms with E-state index >= 15 is 0 Å². The lowest BCUT2D eigenvalue weighted by atomic mass is 10.1. The van der Waals surface area contributed by atoms with E-state index < -0.39 is 16.1 Å². The van der Waals surface area contributed by atoms with E-state index in [1.165, 1.54) is 4.31 Å². The molecule has 2 rings (SSSR count). The highest BCUT2D eigenvalue weighted by molar-refractivity contribution is 7.92. The van der Waals surface area contributed by atoms with Gasteiger partial charge in [0.2, 0.25) is 15.9 Å². The van der Waals surface area contributed by atoms with Crippen molar-refractivity contribution in [1.29, 1.82) is 0 Å². The maximum absolute atomic E-state index is 12.7. The number of carbonyl (C=O) groups excluding carboxylic acids is 1. The zero-order chi connectivity index (χ0) is 20.9. The second-order valence-corrected chi connectivity index (χ2v) is 8.68. The van der Waals surface area contributed by atoms with Crippen molar-refractivity contribution in [2.45, 2.75) is 40.3 Å². The Balaban J connectivity index is 2.20. The number of hydrogen-bond donors (Lipinski definition) is 1. The van der Waals surface area contributed by atoms with E-state index in [2.05, 4.69) is 5.32 Å². The summed E-state index contributed by atoms with van der Waals surface area (Å²) in [6.07, 6.45) is 1.12. The molecule has 0 aliphatic carbocycles. The fraction of sp³-hybridized carbons (Fsp3) is 0.381. The Hall–Kier alpha value is -2.54. The van der Waals surface area contributed by atoms with Crippen molar-refractivity contribution >= 4 is 21.6 Å². The number of hydrogen-bond acceptors (Lipinski definition) is 4. The van der Waals surface area contributed by atoms with Crippen LogP contribution in [0.4, 0.5) is 5.69 Å². The quantitative estimate of drug-likeness (QED) is 0.733. The van der Waals surface area contributed by atoms with Crippen LogP contribution in [0.25, 0.3) is 0 Å². The molecule has 0 unspecified atom stereocenters. The molecule has 152 valence electrons. The van der Waals surface area contributed by atoms with Crippen molar-refractivity contribution in [3.63, 3.8) is 0 Å². The molecule has 1 N–H and O–H groups in total. The van der Waals surface area contributed by atoms with Crippen LogP contribution in [0.2, 0.25) is 0 Å². The molecule has 2 aromatic rings. The number of carbonyl (C=O) groups is 1. The van der Waals surface area contributed by atoms with Crippen molar-refractivity contribution in [2.75, 3.05) is 17.2 Å². The first-order chi connectivity index (χ1) is 13.1. The van der Waals surface area contributed by atoms with Crippen LogP contribution in [0.5, 0.6) is 5.75 Å². The number of nitrogens with zero attached hydrogens (tertiary/aromatic N) is 1. The number of anilines is 1. The van der Waals surface area contributed by atoms with Gasteiger partial charge in [0, 0.05) is 6.54 Å². The number of benzene rings is 2. The summed E-state index contributed by atoms with van der Waals surface area (Å²) in [5, 5.41) is 2.82. The molecule has 0 saturated heterocycles. The molecular weight excluding hydrogens is 376 g/mol. The fourth-order valence-electron chi connectivity index (χ4n) is 2.99. The number of rotatable bonds is 8. The molecule has 0 spiro atoms. The Morgan fingerprint density at radius 3 is 2.54 bits per heavy atom. The second kappa shape index (κ2) is 9.10. The van der Waals surface area contributed by atoms with E-state index in [0.29, 0.717) is 12.3 Å². The van der Waals surface area contributed by atoms with E-state index in [-0.39, 0.29) is 12.5 Å². The number of aryl methyl sites for hydroxylation is 2. The molecular formula is C21H28N2O4S. The van der Waals surface area contributed by atoms with Gasteiger partial charge in [-0.15, -0.1) is 0 Å². The first kappa shape index (κ1) is 21.8. The van der Waals surface area contributed by atoms with Gasteiger partial charge in [-0.05, 0) is 62.6 Å². The fourth-order valence-corrected chi connectivity index (χ4v) is 4.21. The number of nitrogens with one attached hydrogen (secondary N) is 1.